The van der Waals surface area contributed by atoms with Crippen LogP contribution in [0.25, 0.3) is 6.08 Å². The fourth-order valence-corrected chi connectivity index (χ4v) is 3.05. The van der Waals surface area contributed by atoms with Gasteiger partial charge in [-0.15, -0.1) is 11.3 Å². The molecule has 2 rings (SSSR count). The molecule has 4 nitrogen and oxygen atoms in total. The Hall–Kier alpha value is -0.755. The van der Waals surface area contributed by atoms with Crippen molar-refractivity contribution in [3.8, 4) is 0 Å². The van der Waals surface area contributed by atoms with E-state index in [4.69, 9.17) is 14.0 Å². The summed E-state index contributed by atoms with van der Waals surface area (Å²) in [7, 11) is 0.949. The van der Waals surface area contributed by atoms with E-state index in [0.29, 0.717) is 10.6 Å². The lowest BCUT2D eigenvalue weighted by atomic mass is 9.78. The maximum Gasteiger partial charge on any atom is 0.491 e. The molecule has 22 heavy (non-hydrogen) atoms. The first kappa shape index (κ1) is 17.6. The lowest BCUT2D eigenvalue weighted by molar-refractivity contribution is 0.00578. The van der Waals surface area contributed by atoms with Gasteiger partial charge in [0.2, 0.25) is 0 Å². The second-order valence-corrected chi connectivity index (χ2v) is 7.43. The van der Waals surface area contributed by atoms with Crippen molar-refractivity contribution in [1.29, 1.82) is 0 Å². The molecule has 120 valence electrons. The van der Waals surface area contributed by atoms with Crippen molar-refractivity contribution in [3.63, 3.8) is 0 Å². The fraction of sp³-hybridized carbons (Fsp3) is 0.533. The Kier molecular flexibility index (Phi) is 5.11. The summed E-state index contributed by atoms with van der Waals surface area (Å²) < 4.78 is 16.8. The lowest BCUT2D eigenvalue weighted by Gasteiger charge is -2.32. The zero-order chi connectivity index (χ0) is 16.5. The second kappa shape index (κ2) is 6.39. The fourth-order valence-electron chi connectivity index (χ4n) is 2.03. The summed E-state index contributed by atoms with van der Waals surface area (Å²) in [4.78, 5) is 12.1. The van der Waals surface area contributed by atoms with Crippen LogP contribution in [-0.2, 0) is 14.0 Å². The van der Waals surface area contributed by atoms with Gasteiger partial charge in [-0.3, -0.25) is 0 Å². The molecule has 1 fully saturated rings. The minimum absolute atomic E-state index is 0.326. The van der Waals surface area contributed by atoms with Crippen molar-refractivity contribution < 1.29 is 18.8 Å². The van der Waals surface area contributed by atoms with E-state index in [1.165, 1.54) is 18.4 Å². The summed E-state index contributed by atoms with van der Waals surface area (Å²) in [6.07, 6.45) is 1.96. The topological polar surface area (TPSA) is 44.8 Å². The quantitative estimate of drug-likeness (QED) is 0.518. The summed E-state index contributed by atoms with van der Waals surface area (Å²) in [6.45, 7) is 8.07. The molecule has 0 aromatic carbocycles. The van der Waals surface area contributed by atoms with Crippen LogP contribution in [0.1, 0.15) is 42.9 Å². The highest BCUT2D eigenvalue weighted by Crippen LogP contribution is 2.39. The molecule has 0 saturated carbocycles. The van der Waals surface area contributed by atoms with Gasteiger partial charge in [0.15, 0.2) is 0 Å². The number of hydrogen-bond acceptors (Lipinski definition) is 6. The SMILES string of the molecule is COC(=O)c1cc(C=C(CS)B2OC(C)(C)C(C)(C)O2)cs1. The normalized spacial score (nSPS) is 20.3. The van der Waals surface area contributed by atoms with Crippen LogP contribution < -0.4 is 0 Å². The highest BCUT2D eigenvalue weighted by atomic mass is 32.1. The Balaban J connectivity index is 2.22. The zero-order valence-corrected chi connectivity index (χ0v) is 15.2. The Bertz CT molecular complexity index is 576. The third kappa shape index (κ3) is 3.43. The molecule has 0 radical (unpaired) electrons. The van der Waals surface area contributed by atoms with Gasteiger partial charge >= 0.3 is 13.1 Å². The number of ether oxygens (including phenoxy) is 1. The Morgan fingerprint density at radius 3 is 2.45 bits per heavy atom. The third-order valence-corrected chi connectivity index (χ3v) is 5.39. The molecular weight excluding hydrogens is 319 g/mol. The predicted molar refractivity (Wildman–Crippen MR) is 93.6 cm³/mol. The number of carbonyl (C=O) groups is 1. The van der Waals surface area contributed by atoms with Crippen molar-refractivity contribution in [3.05, 3.63) is 27.4 Å². The van der Waals surface area contributed by atoms with Crippen molar-refractivity contribution in [2.24, 2.45) is 0 Å². The van der Waals surface area contributed by atoms with Gasteiger partial charge in [0.1, 0.15) is 4.88 Å². The predicted octanol–water partition coefficient (Wildman–Crippen LogP) is 3.48. The zero-order valence-electron chi connectivity index (χ0n) is 13.5. The van der Waals surface area contributed by atoms with E-state index < -0.39 is 7.12 Å². The Morgan fingerprint density at radius 1 is 1.36 bits per heavy atom. The van der Waals surface area contributed by atoms with Crippen LogP contribution in [0.4, 0.5) is 0 Å². The van der Waals surface area contributed by atoms with Crippen LogP contribution in [-0.4, -0.2) is 37.2 Å². The van der Waals surface area contributed by atoms with Crippen molar-refractivity contribution in [1.82, 2.24) is 0 Å². The van der Waals surface area contributed by atoms with Crippen LogP contribution >= 0.6 is 24.0 Å². The van der Waals surface area contributed by atoms with Crippen molar-refractivity contribution in [2.75, 3.05) is 12.9 Å². The van der Waals surface area contributed by atoms with Gasteiger partial charge in [-0.1, -0.05) is 6.08 Å². The summed E-state index contributed by atoms with van der Waals surface area (Å²) in [6, 6.07) is 1.80. The maximum absolute atomic E-state index is 11.5. The van der Waals surface area contributed by atoms with Crippen LogP contribution in [0.15, 0.2) is 16.9 Å². The molecule has 7 heteroatoms. The second-order valence-electron chi connectivity index (χ2n) is 6.20. The summed E-state index contributed by atoms with van der Waals surface area (Å²) in [5.41, 5.74) is 1.08. The molecule has 0 spiro atoms. The molecule has 1 aromatic rings. The Morgan fingerprint density at radius 2 is 1.95 bits per heavy atom. The summed E-state index contributed by atoms with van der Waals surface area (Å²) in [5, 5.41) is 1.90. The maximum atomic E-state index is 11.5. The summed E-state index contributed by atoms with van der Waals surface area (Å²) >= 11 is 5.73. The first-order valence-electron chi connectivity index (χ1n) is 7.04. The largest absolute Gasteiger partial charge is 0.491 e. The van der Waals surface area contributed by atoms with Gasteiger partial charge in [0, 0.05) is 5.75 Å². The van der Waals surface area contributed by atoms with E-state index in [0.717, 1.165) is 11.0 Å². The first-order valence-corrected chi connectivity index (χ1v) is 8.55. The number of hydrogen-bond donors (Lipinski definition) is 1. The number of carbonyl (C=O) groups excluding carboxylic acids is 1. The molecule has 1 aliphatic heterocycles. The average molecular weight is 340 g/mol. The van der Waals surface area contributed by atoms with Crippen LogP contribution in [0, 0.1) is 0 Å². The minimum Gasteiger partial charge on any atom is -0.465 e. The molecule has 1 aliphatic rings. The molecule has 0 aliphatic carbocycles. The molecule has 0 atom stereocenters. The van der Waals surface area contributed by atoms with E-state index in [1.54, 1.807) is 6.07 Å². The van der Waals surface area contributed by atoms with Crippen LogP contribution in [0.5, 0.6) is 0 Å². The number of rotatable bonds is 4. The molecule has 1 aromatic heterocycles. The molecule has 2 heterocycles. The van der Waals surface area contributed by atoms with Gasteiger partial charge in [-0.2, -0.15) is 12.6 Å². The van der Waals surface area contributed by atoms with E-state index in [9.17, 15) is 4.79 Å². The van der Waals surface area contributed by atoms with E-state index in [-0.39, 0.29) is 17.2 Å². The van der Waals surface area contributed by atoms with E-state index >= 15 is 0 Å². The van der Waals surface area contributed by atoms with Crippen LogP contribution in [0.3, 0.4) is 0 Å². The van der Waals surface area contributed by atoms with Gasteiger partial charge in [0.25, 0.3) is 0 Å². The van der Waals surface area contributed by atoms with E-state index in [2.05, 4.69) is 12.6 Å². The molecule has 0 amide bonds. The highest BCUT2D eigenvalue weighted by molar-refractivity contribution is 7.80. The summed E-state index contributed by atoms with van der Waals surface area (Å²) in [5.74, 6) is 0.188. The van der Waals surface area contributed by atoms with Gasteiger partial charge in [-0.05, 0) is 50.2 Å². The van der Waals surface area contributed by atoms with Gasteiger partial charge < -0.3 is 14.0 Å². The number of methoxy groups -OCH3 is 1. The highest BCUT2D eigenvalue weighted by Gasteiger charge is 2.52. The number of thiol groups is 1. The Labute approximate surface area is 141 Å². The average Bonchev–Trinajstić information content (AvgIpc) is 2.98. The van der Waals surface area contributed by atoms with E-state index in [1.807, 2.05) is 39.2 Å². The first-order chi connectivity index (χ1) is 10.2. The molecule has 0 unspecified atom stereocenters. The van der Waals surface area contributed by atoms with Crippen molar-refractivity contribution in [2.45, 2.75) is 38.9 Å². The monoisotopic (exact) mass is 340 g/mol. The molecule has 0 N–H and O–H groups in total. The standard InChI is InChI=1S/C15H21BO4S2/c1-14(2)15(3,4)20-16(19-14)11(8-21)6-10-7-12(22-9-10)13(17)18-5/h6-7,9,21H,8H2,1-5H3. The van der Waals surface area contributed by atoms with Gasteiger partial charge in [0.05, 0.1) is 18.3 Å². The van der Waals surface area contributed by atoms with Crippen LogP contribution in [0.2, 0.25) is 0 Å². The molecule has 1 saturated heterocycles. The molecule has 0 bridgehead atoms. The van der Waals surface area contributed by atoms with Crippen molar-refractivity contribution >= 4 is 43.1 Å². The third-order valence-electron chi connectivity index (χ3n) is 4.10. The van der Waals surface area contributed by atoms with Gasteiger partial charge in [-0.25, -0.2) is 4.79 Å². The molecular formula is C15H21BO4S2. The smallest absolute Gasteiger partial charge is 0.465 e. The minimum atomic E-state index is -0.427. The number of esters is 1. The number of thiophene rings is 1. The lowest BCUT2D eigenvalue weighted by Crippen LogP contribution is -2.41.